The van der Waals surface area contributed by atoms with Crippen LogP contribution in [-0.4, -0.2) is 59.1 Å². The van der Waals surface area contributed by atoms with Crippen LogP contribution in [0.15, 0.2) is 4.52 Å². The van der Waals surface area contributed by atoms with Crippen LogP contribution in [0.5, 0.6) is 0 Å². The number of aromatic nitrogens is 2. The van der Waals surface area contributed by atoms with Gasteiger partial charge in [0.1, 0.15) is 6.61 Å². The van der Waals surface area contributed by atoms with E-state index in [-0.39, 0.29) is 11.9 Å². The number of carbonyl (C=O) groups excluding carboxylic acids is 1. The number of likely N-dealkylation sites (tertiary alicyclic amines) is 2. The van der Waals surface area contributed by atoms with Crippen LogP contribution in [-0.2, 0) is 16.1 Å². The van der Waals surface area contributed by atoms with Crippen molar-refractivity contribution in [3.05, 3.63) is 11.7 Å². The zero-order chi connectivity index (χ0) is 16.1. The Hall–Kier alpha value is -1.47. The van der Waals surface area contributed by atoms with E-state index in [1.54, 1.807) is 7.11 Å². The molecule has 7 nitrogen and oxygen atoms in total. The highest BCUT2D eigenvalue weighted by Gasteiger charge is 2.31. The largest absolute Gasteiger partial charge is 0.377 e. The molecule has 23 heavy (non-hydrogen) atoms. The highest BCUT2D eigenvalue weighted by Crippen LogP contribution is 2.30. The van der Waals surface area contributed by atoms with Crippen LogP contribution in [0.1, 0.15) is 56.3 Å². The molecule has 3 rings (SSSR count). The monoisotopic (exact) mass is 322 g/mol. The number of nitrogens with zero attached hydrogens (tertiary/aromatic N) is 4. The van der Waals surface area contributed by atoms with Gasteiger partial charge in [-0.15, -0.1) is 0 Å². The molecule has 0 aromatic carbocycles. The van der Waals surface area contributed by atoms with Gasteiger partial charge < -0.3 is 14.2 Å². The second-order valence-corrected chi connectivity index (χ2v) is 6.41. The van der Waals surface area contributed by atoms with Gasteiger partial charge in [-0.1, -0.05) is 11.6 Å². The molecule has 2 saturated heterocycles. The van der Waals surface area contributed by atoms with Gasteiger partial charge >= 0.3 is 0 Å². The maximum Gasteiger partial charge on any atom is 0.244 e. The van der Waals surface area contributed by atoms with Crippen molar-refractivity contribution in [3.8, 4) is 0 Å². The number of hydrogen-bond acceptors (Lipinski definition) is 6. The van der Waals surface area contributed by atoms with Crippen molar-refractivity contribution in [1.82, 2.24) is 19.9 Å². The molecular formula is C16H26N4O3. The average molecular weight is 322 g/mol. The molecule has 0 bridgehead atoms. The third-order valence-corrected chi connectivity index (χ3v) is 4.70. The van der Waals surface area contributed by atoms with Crippen LogP contribution < -0.4 is 0 Å². The predicted molar refractivity (Wildman–Crippen MR) is 83.6 cm³/mol. The fourth-order valence-electron chi connectivity index (χ4n) is 3.47. The lowest BCUT2D eigenvalue weighted by atomic mass is 10.0. The molecule has 1 aromatic rings. The second-order valence-electron chi connectivity index (χ2n) is 6.41. The van der Waals surface area contributed by atoms with Crippen LogP contribution in [0.3, 0.4) is 0 Å². The first-order chi connectivity index (χ1) is 11.3. The molecule has 2 fully saturated rings. The number of hydrogen-bond donors (Lipinski definition) is 0. The first kappa shape index (κ1) is 16.4. The Labute approximate surface area is 137 Å². The van der Waals surface area contributed by atoms with E-state index in [9.17, 15) is 4.79 Å². The van der Waals surface area contributed by atoms with Crippen LogP contribution in [0.2, 0.25) is 0 Å². The average Bonchev–Trinajstić information content (AvgIpc) is 3.05. The third kappa shape index (κ3) is 4.09. The molecule has 1 unspecified atom stereocenters. The SMILES string of the molecule is COCc1noc(C2CCCCN2CC(=O)N2CCCCC2)n1. The number of methoxy groups -OCH3 is 1. The van der Waals surface area contributed by atoms with E-state index in [1.807, 2.05) is 4.90 Å². The zero-order valence-electron chi connectivity index (χ0n) is 13.9. The topological polar surface area (TPSA) is 71.7 Å². The van der Waals surface area contributed by atoms with Crippen molar-refractivity contribution in [2.45, 2.75) is 51.2 Å². The molecule has 0 N–H and O–H groups in total. The first-order valence-electron chi connectivity index (χ1n) is 8.61. The minimum Gasteiger partial charge on any atom is -0.377 e. The van der Waals surface area contributed by atoms with E-state index in [0.717, 1.165) is 51.7 Å². The van der Waals surface area contributed by atoms with Gasteiger partial charge in [0.05, 0.1) is 12.6 Å². The molecule has 2 aliphatic rings. The number of piperidine rings is 2. The van der Waals surface area contributed by atoms with Crippen LogP contribution in [0, 0.1) is 0 Å². The summed E-state index contributed by atoms with van der Waals surface area (Å²) in [5.41, 5.74) is 0. The van der Waals surface area contributed by atoms with Gasteiger partial charge in [0.25, 0.3) is 0 Å². The summed E-state index contributed by atoms with van der Waals surface area (Å²) in [5.74, 6) is 1.41. The highest BCUT2D eigenvalue weighted by molar-refractivity contribution is 5.78. The molecule has 0 spiro atoms. The third-order valence-electron chi connectivity index (χ3n) is 4.70. The Bertz CT molecular complexity index is 513. The van der Waals surface area contributed by atoms with Crippen molar-refractivity contribution in [2.75, 3.05) is 33.3 Å². The molecule has 1 aromatic heterocycles. The zero-order valence-corrected chi connectivity index (χ0v) is 13.9. The van der Waals surface area contributed by atoms with E-state index >= 15 is 0 Å². The Balaban J connectivity index is 1.64. The van der Waals surface area contributed by atoms with E-state index < -0.39 is 0 Å². The fourth-order valence-corrected chi connectivity index (χ4v) is 3.47. The summed E-state index contributed by atoms with van der Waals surface area (Å²) < 4.78 is 10.4. The fraction of sp³-hybridized carbons (Fsp3) is 0.812. The van der Waals surface area contributed by atoms with E-state index in [1.165, 1.54) is 6.42 Å². The number of carbonyl (C=O) groups is 1. The quantitative estimate of drug-likeness (QED) is 0.822. The normalized spacial score (nSPS) is 23.2. The van der Waals surface area contributed by atoms with Crippen LogP contribution in [0.25, 0.3) is 0 Å². The lowest BCUT2D eigenvalue weighted by molar-refractivity contribution is -0.134. The summed E-state index contributed by atoms with van der Waals surface area (Å²) in [5, 5.41) is 3.95. The van der Waals surface area contributed by atoms with Crippen molar-refractivity contribution >= 4 is 5.91 Å². The van der Waals surface area contributed by atoms with Crippen molar-refractivity contribution in [3.63, 3.8) is 0 Å². The summed E-state index contributed by atoms with van der Waals surface area (Å²) in [7, 11) is 1.61. The predicted octanol–water partition coefficient (Wildman–Crippen LogP) is 1.76. The second kappa shape index (κ2) is 7.88. The van der Waals surface area contributed by atoms with Crippen molar-refractivity contribution in [2.24, 2.45) is 0 Å². The summed E-state index contributed by atoms with van der Waals surface area (Å²) in [6.45, 7) is 3.51. The Morgan fingerprint density at radius 2 is 2.00 bits per heavy atom. The number of rotatable bonds is 5. The Kier molecular flexibility index (Phi) is 5.61. The summed E-state index contributed by atoms with van der Waals surface area (Å²) in [4.78, 5) is 21.2. The molecule has 7 heteroatoms. The van der Waals surface area contributed by atoms with Crippen LogP contribution >= 0.6 is 0 Å². The Morgan fingerprint density at radius 1 is 1.22 bits per heavy atom. The molecule has 2 aliphatic heterocycles. The van der Waals surface area contributed by atoms with Crippen molar-refractivity contribution < 1.29 is 14.1 Å². The smallest absolute Gasteiger partial charge is 0.244 e. The van der Waals surface area contributed by atoms with E-state index in [4.69, 9.17) is 9.26 Å². The van der Waals surface area contributed by atoms with Crippen LogP contribution in [0.4, 0.5) is 0 Å². The maximum atomic E-state index is 12.5. The lowest BCUT2D eigenvalue weighted by Crippen LogP contribution is -2.45. The molecule has 1 atom stereocenters. The molecule has 128 valence electrons. The minimum absolute atomic E-state index is 0.0515. The molecular weight excluding hydrogens is 296 g/mol. The van der Waals surface area contributed by atoms with Gasteiger partial charge in [0.15, 0.2) is 5.82 Å². The van der Waals surface area contributed by atoms with Crippen molar-refractivity contribution in [1.29, 1.82) is 0 Å². The number of amides is 1. The first-order valence-corrected chi connectivity index (χ1v) is 8.61. The summed E-state index contributed by atoms with van der Waals surface area (Å²) >= 11 is 0. The number of ether oxygens (including phenoxy) is 1. The van der Waals surface area contributed by atoms with Gasteiger partial charge in [-0.25, -0.2) is 0 Å². The summed E-state index contributed by atoms with van der Waals surface area (Å²) in [6.07, 6.45) is 6.69. The molecule has 0 saturated carbocycles. The van der Waals surface area contributed by atoms with Gasteiger partial charge in [0, 0.05) is 20.2 Å². The standard InChI is InChI=1S/C16H26N4O3/c1-22-12-14-17-16(23-18-14)13-7-3-6-10-20(13)11-15(21)19-8-4-2-5-9-19/h13H,2-12H2,1H3. The van der Waals surface area contributed by atoms with Gasteiger partial charge in [-0.3, -0.25) is 9.69 Å². The van der Waals surface area contributed by atoms with Gasteiger partial charge in [0.2, 0.25) is 11.8 Å². The summed E-state index contributed by atoms with van der Waals surface area (Å²) in [6, 6.07) is 0.0515. The van der Waals surface area contributed by atoms with Gasteiger partial charge in [-0.05, 0) is 38.6 Å². The maximum absolute atomic E-state index is 12.5. The Morgan fingerprint density at radius 3 is 2.78 bits per heavy atom. The molecule has 3 heterocycles. The lowest BCUT2D eigenvalue weighted by Gasteiger charge is -2.35. The molecule has 1 amide bonds. The minimum atomic E-state index is 0.0515. The van der Waals surface area contributed by atoms with E-state index in [2.05, 4.69) is 15.0 Å². The van der Waals surface area contributed by atoms with E-state index in [0.29, 0.717) is 24.9 Å². The van der Waals surface area contributed by atoms with Gasteiger partial charge in [-0.2, -0.15) is 4.98 Å². The molecule has 0 aliphatic carbocycles. The highest BCUT2D eigenvalue weighted by atomic mass is 16.5. The molecule has 0 radical (unpaired) electrons.